The zero-order chi connectivity index (χ0) is 15.6. The average molecular weight is 345 g/mol. The minimum absolute atomic E-state index is 0.142. The third kappa shape index (κ3) is 3.82. The van der Waals surface area contributed by atoms with E-state index >= 15 is 0 Å². The summed E-state index contributed by atoms with van der Waals surface area (Å²) in [4.78, 5) is 12.4. The molecule has 0 aliphatic rings. The number of ketones is 1. The maximum absolute atomic E-state index is 12.4. The lowest BCUT2D eigenvalue weighted by Crippen LogP contribution is -2.11. The Bertz CT molecular complexity index is 648. The molecular weight excluding hydrogens is 324 g/mol. The summed E-state index contributed by atoms with van der Waals surface area (Å²) in [5, 5.41) is 0. The molecule has 0 fully saturated rings. The van der Waals surface area contributed by atoms with E-state index in [4.69, 9.17) is 0 Å². The van der Waals surface area contributed by atoms with Crippen molar-refractivity contribution in [2.75, 3.05) is 0 Å². The van der Waals surface area contributed by atoms with E-state index in [9.17, 15) is 4.79 Å². The van der Waals surface area contributed by atoms with Crippen molar-refractivity contribution in [1.29, 1.82) is 0 Å². The minimum atomic E-state index is 0.142. The molecule has 21 heavy (non-hydrogen) atoms. The Labute approximate surface area is 135 Å². The molecule has 2 aromatic carbocycles. The van der Waals surface area contributed by atoms with Gasteiger partial charge < -0.3 is 0 Å². The molecule has 1 nitrogen and oxygen atoms in total. The van der Waals surface area contributed by atoms with Gasteiger partial charge in [-0.2, -0.15) is 0 Å². The van der Waals surface area contributed by atoms with E-state index in [-0.39, 0.29) is 11.2 Å². The number of rotatable bonds is 3. The summed E-state index contributed by atoms with van der Waals surface area (Å²) in [6.45, 7) is 8.55. The maximum atomic E-state index is 12.4. The van der Waals surface area contributed by atoms with Gasteiger partial charge in [0.2, 0.25) is 0 Å². The molecule has 0 amide bonds. The number of hydrogen-bond donors (Lipinski definition) is 0. The van der Waals surface area contributed by atoms with E-state index in [1.807, 2.05) is 25.1 Å². The number of carbonyl (C=O) groups is 1. The van der Waals surface area contributed by atoms with Crippen LogP contribution in [0.2, 0.25) is 0 Å². The fraction of sp³-hybridized carbons (Fsp3) is 0.316. The second-order valence-corrected chi connectivity index (χ2v) is 7.31. The molecule has 0 aromatic heterocycles. The van der Waals surface area contributed by atoms with Crippen molar-refractivity contribution in [3.05, 3.63) is 69.2 Å². The van der Waals surface area contributed by atoms with Gasteiger partial charge in [0.05, 0.1) is 0 Å². The predicted molar refractivity (Wildman–Crippen MR) is 92.1 cm³/mol. The molecule has 0 unspecified atom stereocenters. The number of benzene rings is 2. The first-order chi connectivity index (χ1) is 9.79. The summed E-state index contributed by atoms with van der Waals surface area (Å²) in [5.74, 6) is 0.164. The molecule has 0 spiro atoms. The predicted octanol–water partition coefficient (Wildman–Crippen LogP) is 5.48. The molecule has 0 radical (unpaired) electrons. The minimum Gasteiger partial charge on any atom is -0.294 e. The Morgan fingerprint density at radius 3 is 2.24 bits per heavy atom. The van der Waals surface area contributed by atoms with Crippen molar-refractivity contribution >= 4 is 21.7 Å². The zero-order valence-electron chi connectivity index (χ0n) is 13.0. The van der Waals surface area contributed by atoms with Crippen LogP contribution in [-0.2, 0) is 11.8 Å². The molecule has 0 saturated heterocycles. The van der Waals surface area contributed by atoms with Crippen molar-refractivity contribution in [2.45, 2.75) is 39.5 Å². The summed E-state index contributed by atoms with van der Waals surface area (Å²) >= 11 is 3.48. The molecule has 0 heterocycles. The van der Waals surface area contributed by atoms with Gasteiger partial charge in [0.15, 0.2) is 5.78 Å². The van der Waals surface area contributed by atoms with E-state index < -0.39 is 0 Å². The van der Waals surface area contributed by atoms with Crippen LogP contribution >= 0.6 is 15.9 Å². The molecule has 2 heteroatoms. The first-order valence-electron chi connectivity index (χ1n) is 7.17. The third-order valence-corrected chi connectivity index (χ3v) is 4.61. The lowest BCUT2D eigenvalue weighted by Gasteiger charge is -2.19. The summed E-state index contributed by atoms with van der Waals surface area (Å²) in [5.41, 5.74) is 4.30. The second kappa shape index (κ2) is 6.15. The summed E-state index contributed by atoms with van der Waals surface area (Å²) < 4.78 is 0.983. The summed E-state index contributed by atoms with van der Waals surface area (Å²) in [6, 6.07) is 14.1. The van der Waals surface area contributed by atoms with Gasteiger partial charge in [-0.15, -0.1) is 0 Å². The number of halogens is 1. The second-order valence-electron chi connectivity index (χ2n) is 6.46. The van der Waals surface area contributed by atoms with E-state index in [0.29, 0.717) is 6.42 Å². The van der Waals surface area contributed by atoms with E-state index in [2.05, 4.69) is 61.0 Å². The van der Waals surface area contributed by atoms with Crippen molar-refractivity contribution in [3.8, 4) is 0 Å². The maximum Gasteiger partial charge on any atom is 0.167 e. The molecule has 2 aromatic rings. The van der Waals surface area contributed by atoms with Gasteiger partial charge in [-0.1, -0.05) is 73.1 Å². The molecule has 2 rings (SSSR count). The molecule has 110 valence electrons. The average Bonchev–Trinajstić information content (AvgIpc) is 2.41. The molecular formula is C19H21BrO. The van der Waals surface area contributed by atoms with E-state index in [1.54, 1.807) is 0 Å². The SMILES string of the molecule is Cc1c(Br)cccc1C(=O)Cc1ccc(C(C)(C)C)cc1. The van der Waals surface area contributed by atoms with Crippen LogP contribution in [0.4, 0.5) is 0 Å². The molecule has 0 bridgehead atoms. The first-order valence-corrected chi connectivity index (χ1v) is 7.96. The number of carbonyl (C=O) groups excluding carboxylic acids is 1. The first kappa shape index (κ1) is 16.0. The fourth-order valence-electron chi connectivity index (χ4n) is 2.31. The van der Waals surface area contributed by atoms with Crippen LogP contribution in [0.5, 0.6) is 0 Å². The van der Waals surface area contributed by atoms with Crippen molar-refractivity contribution < 1.29 is 4.79 Å². The highest BCUT2D eigenvalue weighted by Gasteiger charge is 2.14. The van der Waals surface area contributed by atoms with Crippen LogP contribution in [0.25, 0.3) is 0 Å². The van der Waals surface area contributed by atoms with Crippen LogP contribution in [-0.4, -0.2) is 5.78 Å². The molecule has 0 saturated carbocycles. The topological polar surface area (TPSA) is 17.1 Å². The largest absolute Gasteiger partial charge is 0.294 e. The Balaban J connectivity index is 2.18. The van der Waals surface area contributed by atoms with Gasteiger partial charge in [0, 0.05) is 16.5 Å². The quantitative estimate of drug-likeness (QED) is 0.673. The lowest BCUT2D eigenvalue weighted by molar-refractivity contribution is 0.0992. The highest BCUT2D eigenvalue weighted by Crippen LogP contribution is 2.24. The number of Topliss-reactive ketones (excluding diaryl/α,β-unsaturated/α-hetero) is 1. The lowest BCUT2D eigenvalue weighted by atomic mass is 9.86. The Morgan fingerprint density at radius 1 is 1.05 bits per heavy atom. The Morgan fingerprint density at radius 2 is 1.67 bits per heavy atom. The fourth-order valence-corrected chi connectivity index (χ4v) is 2.68. The molecule has 0 aliphatic carbocycles. The van der Waals surface area contributed by atoms with Crippen LogP contribution in [0, 0.1) is 6.92 Å². The molecule has 0 aliphatic heterocycles. The highest BCUT2D eigenvalue weighted by atomic mass is 79.9. The normalized spacial score (nSPS) is 11.5. The Hall–Kier alpha value is -1.41. The van der Waals surface area contributed by atoms with Crippen molar-refractivity contribution in [3.63, 3.8) is 0 Å². The van der Waals surface area contributed by atoms with Crippen molar-refractivity contribution in [2.24, 2.45) is 0 Å². The molecule has 0 N–H and O–H groups in total. The monoisotopic (exact) mass is 344 g/mol. The van der Waals surface area contributed by atoms with Gasteiger partial charge in [0.25, 0.3) is 0 Å². The standard InChI is InChI=1S/C19H21BrO/c1-13-16(6-5-7-17(13)20)18(21)12-14-8-10-15(11-9-14)19(2,3)4/h5-11H,12H2,1-4H3. The van der Waals surface area contributed by atoms with Crippen LogP contribution in [0.1, 0.15) is 47.8 Å². The van der Waals surface area contributed by atoms with Crippen LogP contribution in [0.15, 0.2) is 46.9 Å². The zero-order valence-corrected chi connectivity index (χ0v) is 14.6. The van der Waals surface area contributed by atoms with Crippen LogP contribution < -0.4 is 0 Å². The van der Waals surface area contributed by atoms with E-state index in [1.165, 1.54) is 5.56 Å². The van der Waals surface area contributed by atoms with Gasteiger partial charge in [-0.05, 0) is 35.1 Å². The Kier molecular flexibility index (Phi) is 4.67. The number of hydrogen-bond acceptors (Lipinski definition) is 1. The van der Waals surface area contributed by atoms with Crippen molar-refractivity contribution in [1.82, 2.24) is 0 Å². The van der Waals surface area contributed by atoms with Gasteiger partial charge in [-0.3, -0.25) is 4.79 Å². The summed E-state index contributed by atoms with van der Waals surface area (Å²) in [7, 11) is 0. The van der Waals surface area contributed by atoms with E-state index in [0.717, 1.165) is 21.2 Å². The summed E-state index contributed by atoms with van der Waals surface area (Å²) in [6.07, 6.45) is 0.446. The van der Waals surface area contributed by atoms with Gasteiger partial charge in [-0.25, -0.2) is 0 Å². The van der Waals surface area contributed by atoms with Gasteiger partial charge >= 0.3 is 0 Å². The van der Waals surface area contributed by atoms with Crippen LogP contribution in [0.3, 0.4) is 0 Å². The van der Waals surface area contributed by atoms with Gasteiger partial charge in [0.1, 0.15) is 0 Å². The molecule has 0 atom stereocenters. The smallest absolute Gasteiger partial charge is 0.167 e. The highest BCUT2D eigenvalue weighted by molar-refractivity contribution is 9.10. The third-order valence-electron chi connectivity index (χ3n) is 3.75.